The molecule has 10 unspecified atom stereocenters. The maximum atomic E-state index is 5.78. The SMILES string of the molecule is COc1ccc2c(c1)C1C3C=C(C[Si](C)(C)N4c5ccc(C)cc5C5C6C=CC=CC6C(C)C54)C=CC3C(C)C1N2[Si](C)(C)C. The van der Waals surface area contributed by atoms with Gasteiger partial charge in [0.2, 0.25) is 0 Å². The van der Waals surface area contributed by atoms with Crippen LogP contribution in [0.2, 0.25) is 38.8 Å². The van der Waals surface area contributed by atoms with Crippen LogP contribution >= 0.6 is 0 Å². The van der Waals surface area contributed by atoms with Gasteiger partial charge in [-0.25, -0.2) is 0 Å². The van der Waals surface area contributed by atoms with Crippen LogP contribution in [0.4, 0.5) is 11.4 Å². The van der Waals surface area contributed by atoms with Gasteiger partial charge in [-0.1, -0.05) is 112 Å². The van der Waals surface area contributed by atoms with E-state index in [1.54, 1.807) is 11.1 Å². The summed E-state index contributed by atoms with van der Waals surface area (Å²) in [5.41, 5.74) is 9.13. The van der Waals surface area contributed by atoms with E-state index in [0.717, 1.165) is 5.75 Å². The van der Waals surface area contributed by atoms with Crippen LogP contribution < -0.4 is 13.9 Å². The smallest absolute Gasteiger partial charge is 0.155 e. The van der Waals surface area contributed by atoms with Crippen molar-refractivity contribution in [2.75, 3.05) is 16.2 Å². The van der Waals surface area contributed by atoms with E-state index in [1.807, 2.05) is 7.11 Å². The Morgan fingerprint density at radius 1 is 0.711 bits per heavy atom. The summed E-state index contributed by atoms with van der Waals surface area (Å²) in [5.74, 6) is 5.81. The Balaban J connectivity index is 1.16. The molecule has 0 amide bonds. The molecule has 4 aliphatic carbocycles. The van der Waals surface area contributed by atoms with Gasteiger partial charge in [-0.05, 0) is 83.9 Å². The monoisotopic (exact) mass is 632 g/mol. The number of benzene rings is 2. The molecule has 8 rings (SSSR count). The fraction of sp³-hybridized carbons (Fsp3) is 0.500. The fourth-order valence-corrected chi connectivity index (χ4v) is 16.9. The van der Waals surface area contributed by atoms with Crippen molar-refractivity contribution >= 4 is 27.8 Å². The summed E-state index contributed by atoms with van der Waals surface area (Å²) in [6.45, 7) is 20.2. The average molecular weight is 633 g/mol. The maximum Gasteiger partial charge on any atom is 0.155 e. The molecule has 3 nitrogen and oxygen atoms in total. The molecule has 0 N–H and O–H groups in total. The van der Waals surface area contributed by atoms with E-state index >= 15 is 0 Å². The molecule has 10 atom stereocenters. The normalized spacial score (nSPS) is 35.5. The van der Waals surface area contributed by atoms with Gasteiger partial charge in [0.1, 0.15) is 14.0 Å². The lowest BCUT2D eigenvalue weighted by Gasteiger charge is -2.43. The number of fused-ring (bicyclic) bond motifs is 10. The summed E-state index contributed by atoms with van der Waals surface area (Å²) in [6.07, 6.45) is 17.6. The molecule has 2 saturated carbocycles. The van der Waals surface area contributed by atoms with Crippen LogP contribution in [0.1, 0.15) is 42.4 Å². The van der Waals surface area contributed by atoms with Crippen molar-refractivity contribution in [2.24, 2.45) is 35.5 Å². The van der Waals surface area contributed by atoms with Crippen molar-refractivity contribution in [3.8, 4) is 5.75 Å². The fourth-order valence-electron chi connectivity index (χ4n) is 11.2. The van der Waals surface area contributed by atoms with Crippen molar-refractivity contribution < 1.29 is 4.74 Å². The van der Waals surface area contributed by atoms with Gasteiger partial charge in [0, 0.05) is 35.3 Å². The molecule has 0 aromatic heterocycles. The average Bonchev–Trinajstić information content (AvgIpc) is 3.69. The third-order valence-corrected chi connectivity index (χ3v) is 17.8. The second-order valence-electron chi connectivity index (χ2n) is 16.8. The van der Waals surface area contributed by atoms with Gasteiger partial charge in [0.25, 0.3) is 0 Å². The third kappa shape index (κ3) is 4.25. The molecular weight excluding hydrogens is 581 g/mol. The van der Waals surface area contributed by atoms with Crippen LogP contribution in [0.25, 0.3) is 0 Å². The van der Waals surface area contributed by atoms with Gasteiger partial charge in [0.15, 0.2) is 8.24 Å². The number of anilines is 2. The zero-order chi connectivity index (χ0) is 31.6. The molecule has 2 aliphatic heterocycles. The van der Waals surface area contributed by atoms with Crippen LogP contribution in [0.15, 0.2) is 84.5 Å². The summed E-state index contributed by atoms with van der Waals surface area (Å²) in [7, 11) is -1.69. The van der Waals surface area contributed by atoms with Gasteiger partial charge < -0.3 is 13.9 Å². The molecule has 2 heterocycles. The highest BCUT2D eigenvalue weighted by Gasteiger charge is 2.59. The van der Waals surface area contributed by atoms with Gasteiger partial charge in [-0.2, -0.15) is 0 Å². The summed E-state index contributed by atoms with van der Waals surface area (Å²) >= 11 is 0. The Kier molecular flexibility index (Phi) is 6.66. The summed E-state index contributed by atoms with van der Waals surface area (Å²) < 4.78 is 11.7. The first kappa shape index (κ1) is 29.6. The Bertz CT molecular complexity index is 1660. The molecule has 236 valence electrons. The van der Waals surface area contributed by atoms with Gasteiger partial charge in [-0.3, -0.25) is 0 Å². The zero-order valence-electron chi connectivity index (χ0n) is 28.8. The van der Waals surface area contributed by atoms with Crippen molar-refractivity contribution in [2.45, 2.75) is 83.5 Å². The van der Waals surface area contributed by atoms with Crippen molar-refractivity contribution in [3.63, 3.8) is 0 Å². The minimum absolute atomic E-state index is 0.531. The van der Waals surface area contributed by atoms with Crippen molar-refractivity contribution in [1.29, 1.82) is 0 Å². The van der Waals surface area contributed by atoms with E-state index in [9.17, 15) is 0 Å². The molecule has 0 saturated heterocycles. The van der Waals surface area contributed by atoms with Gasteiger partial charge in [0.05, 0.1) is 7.11 Å². The van der Waals surface area contributed by atoms with Crippen LogP contribution in [0, 0.1) is 42.4 Å². The number of rotatable bonds is 5. The van der Waals surface area contributed by atoms with E-state index in [-0.39, 0.29) is 0 Å². The Hall–Kier alpha value is -2.77. The van der Waals surface area contributed by atoms with E-state index < -0.39 is 16.5 Å². The molecule has 2 fully saturated rings. The van der Waals surface area contributed by atoms with E-state index in [1.165, 1.54) is 28.5 Å². The topological polar surface area (TPSA) is 15.7 Å². The maximum absolute atomic E-state index is 5.78. The Labute approximate surface area is 273 Å². The standard InChI is InChI=1S/C40H52N2OSi2/c1-24-14-18-36-33(20-24)37-31-13-11-10-12-29(31)25(2)40(37)42(36)45(8,9)23-27-15-17-30-26(3)39-38(32(30)21-27)34-22-28(43-4)16-19-35(34)41(39)44(5,6)7/h10-22,25-26,29-32,37-40H,23H2,1-9H3. The molecule has 45 heavy (non-hydrogen) atoms. The van der Waals surface area contributed by atoms with Crippen molar-refractivity contribution in [1.82, 2.24) is 0 Å². The molecule has 6 aliphatic rings. The van der Waals surface area contributed by atoms with E-state index in [4.69, 9.17) is 4.74 Å². The Morgan fingerprint density at radius 2 is 1.31 bits per heavy atom. The van der Waals surface area contributed by atoms with Gasteiger partial charge in [-0.15, -0.1) is 0 Å². The molecule has 2 aromatic carbocycles. The van der Waals surface area contributed by atoms with Crippen LogP contribution in [0.5, 0.6) is 5.75 Å². The van der Waals surface area contributed by atoms with Crippen molar-refractivity contribution in [3.05, 3.63) is 101 Å². The quantitative estimate of drug-likeness (QED) is 0.305. The molecular formula is C40H52N2OSi2. The largest absolute Gasteiger partial charge is 0.497 e. The minimum atomic E-state index is -1.90. The van der Waals surface area contributed by atoms with Crippen LogP contribution in [-0.2, 0) is 0 Å². The molecule has 2 aromatic rings. The molecule has 5 heteroatoms. The number of hydrogen-bond donors (Lipinski definition) is 0. The first-order chi connectivity index (χ1) is 21.4. The highest BCUT2D eigenvalue weighted by Crippen LogP contribution is 2.62. The summed E-state index contributed by atoms with van der Waals surface area (Å²) in [5, 5.41) is 0. The lowest BCUT2D eigenvalue weighted by atomic mass is 9.80. The highest BCUT2D eigenvalue weighted by atomic mass is 28.3. The van der Waals surface area contributed by atoms with Crippen LogP contribution in [-0.4, -0.2) is 35.7 Å². The number of aryl methyl sites for hydroxylation is 1. The van der Waals surface area contributed by atoms with E-state index in [2.05, 4.69) is 142 Å². The second-order valence-corrected chi connectivity index (χ2v) is 26.1. The lowest BCUT2D eigenvalue weighted by molar-refractivity contribution is 0.412. The lowest BCUT2D eigenvalue weighted by Crippen LogP contribution is -2.54. The van der Waals surface area contributed by atoms with E-state index in [0.29, 0.717) is 59.4 Å². The van der Waals surface area contributed by atoms with Crippen LogP contribution in [0.3, 0.4) is 0 Å². The third-order valence-electron chi connectivity index (χ3n) is 12.7. The molecule has 0 spiro atoms. The number of hydrogen-bond acceptors (Lipinski definition) is 3. The minimum Gasteiger partial charge on any atom is -0.497 e. The summed E-state index contributed by atoms with van der Waals surface area (Å²) in [4.78, 5) is 0. The molecule has 0 radical (unpaired) electrons. The number of methoxy groups -OCH3 is 1. The van der Waals surface area contributed by atoms with Gasteiger partial charge >= 0.3 is 0 Å². The zero-order valence-corrected chi connectivity index (χ0v) is 30.8. The number of ether oxygens (including phenoxy) is 1. The first-order valence-corrected chi connectivity index (χ1v) is 24.1. The summed E-state index contributed by atoms with van der Waals surface area (Å²) in [6, 6.07) is 16.6. The second kappa shape index (κ2) is 10.1. The molecule has 0 bridgehead atoms. The number of nitrogens with zero attached hydrogens (tertiary/aromatic N) is 2. The highest BCUT2D eigenvalue weighted by molar-refractivity contribution is 6.82. The predicted molar refractivity (Wildman–Crippen MR) is 196 cm³/mol. The predicted octanol–water partition coefficient (Wildman–Crippen LogP) is 9.67. The number of allylic oxidation sites excluding steroid dienone is 8. The first-order valence-electron chi connectivity index (χ1n) is 17.5. The Morgan fingerprint density at radius 3 is 2.02 bits per heavy atom.